The lowest BCUT2D eigenvalue weighted by Gasteiger charge is -2.27. The molecule has 1 saturated heterocycles. The van der Waals surface area contributed by atoms with E-state index in [9.17, 15) is 4.79 Å². The highest BCUT2D eigenvalue weighted by molar-refractivity contribution is 5.78. The monoisotopic (exact) mass is 294 g/mol. The number of urea groups is 1. The third kappa shape index (κ3) is 2.84. The maximum Gasteiger partial charge on any atom is 0.318 e. The first-order valence-electron chi connectivity index (χ1n) is 7.98. The number of nitrogens with zero attached hydrogens (tertiary/aromatic N) is 1. The minimum atomic E-state index is 0.00737. The highest BCUT2D eigenvalue weighted by Gasteiger charge is 2.40. The number of carbonyl (C=O) groups is 1. The molecule has 1 heterocycles. The minimum absolute atomic E-state index is 0.00737. The third-order valence-corrected chi connectivity index (χ3v) is 4.24. The molecule has 0 bridgehead atoms. The van der Waals surface area contributed by atoms with Gasteiger partial charge in [-0.05, 0) is 17.5 Å². The van der Waals surface area contributed by atoms with Crippen molar-refractivity contribution in [1.82, 2.24) is 10.2 Å². The molecular weight excluding hydrogens is 272 g/mol. The van der Waals surface area contributed by atoms with E-state index in [1.807, 2.05) is 41.3 Å². The molecule has 114 valence electrons. The number of hydrogen-bond acceptors (Lipinski definition) is 1. The molecule has 3 nitrogen and oxygen atoms in total. The van der Waals surface area contributed by atoms with Gasteiger partial charge < -0.3 is 10.2 Å². The summed E-state index contributed by atoms with van der Waals surface area (Å²) < 4.78 is 0. The second-order valence-electron chi connectivity index (χ2n) is 5.74. The quantitative estimate of drug-likeness (QED) is 0.876. The molecule has 1 fully saturated rings. The van der Waals surface area contributed by atoms with E-state index in [1.54, 1.807) is 0 Å². The molecule has 0 spiro atoms. The lowest BCUT2D eigenvalue weighted by atomic mass is 9.94. The maximum atomic E-state index is 12.5. The van der Waals surface area contributed by atoms with E-state index in [-0.39, 0.29) is 18.1 Å². The molecule has 2 aromatic rings. The van der Waals surface area contributed by atoms with Crippen molar-refractivity contribution in [3.63, 3.8) is 0 Å². The third-order valence-electron chi connectivity index (χ3n) is 4.24. The van der Waals surface area contributed by atoms with Crippen LogP contribution in [0.15, 0.2) is 60.7 Å². The molecule has 3 rings (SSSR count). The molecule has 0 aromatic heterocycles. The van der Waals surface area contributed by atoms with Crippen LogP contribution in [0.3, 0.4) is 0 Å². The summed E-state index contributed by atoms with van der Waals surface area (Å²) in [5.74, 6) is 0. The van der Waals surface area contributed by atoms with Crippen LogP contribution >= 0.6 is 0 Å². The first kappa shape index (κ1) is 14.6. The van der Waals surface area contributed by atoms with Crippen molar-refractivity contribution in [2.24, 2.45) is 0 Å². The molecule has 2 aromatic carbocycles. The molecular formula is C19H22N2O. The van der Waals surface area contributed by atoms with Gasteiger partial charge in [-0.3, -0.25) is 0 Å². The molecule has 0 aliphatic carbocycles. The van der Waals surface area contributed by atoms with E-state index in [0.29, 0.717) is 0 Å². The number of nitrogens with one attached hydrogen (secondary N) is 1. The molecule has 1 aliphatic heterocycles. The number of unbranched alkanes of at least 4 members (excludes halogenated alkanes) is 1. The Bertz CT molecular complexity index is 612. The van der Waals surface area contributed by atoms with Gasteiger partial charge in [-0.15, -0.1) is 0 Å². The second kappa shape index (κ2) is 6.65. The molecule has 0 saturated carbocycles. The van der Waals surface area contributed by atoms with Gasteiger partial charge in [-0.1, -0.05) is 74.0 Å². The average Bonchev–Trinajstić information content (AvgIpc) is 2.91. The largest absolute Gasteiger partial charge is 0.329 e. The zero-order valence-corrected chi connectivity index (χ0v) is 12.9. The highest BCUT2D eigenvalue weighted by Crippen LogP contribution is 2.38. The van der Waals surface area contributed by atoms with E-state index in [1.165, 1.54) is 5.56 Å². The summed E-state index contributed by atoms with van der Waals surface area (Å²) in [5.41, 5.74) is 2.34. The van der Waals surface area contributed by atoms with Crippen molar-refractivity contribution in [2.45, 2.75) is 31.8 Å². The van der Waals surface area contributed by atoms with Crippen molar-refractivity contribution in [3.8, 4) is 0 Å². The van der Waals surface area contributed by atoms with Gasteiger partial charge in [-0.25, -0.2) is 4.79 Å². The summed E-state index contributed by atoms with van der Waals surface area (Å²) in [6, 6.07) is 20.7. The Kier molecular flexibility index (Phi) is 4.42. The lowest BCUT2D eigenvalue weighted by Crippen LogP contribution is -2.30. The smallest absolute Gasteiger partial charge is 0.318 e. The van der Waals surface area contributed by atoms with E-state index in [0.717, 1.165) is 24.9 Å². The van der Waals surface area contributed by atoms with E-state index >= 15 is 0 Å². The molecule has 0 radical (unpaired) electrons. The van der Waals surface area contributed by atoms with Crippen LogP contribution in [0.2, 0.25) is 0 Å². The Morgan fingerprint density at radius 2 is 1.55 bits per heavy atom. The second-order valence-corrected chi connectivity index (χ2v) is 5.74. The summed E-state index contributed by atoms with van der Waals surface area (Å²) in [4.78, 5) is 14.4. The van der Waals surface area contributed by atoms with Gasteiger partial charge in [0.05, 0.1) is 12.1 Å². The van der Waals surface area contributed by atoms with Crippen LogP contribution in [0.25, 0.3) is 0 Å². The molecule has 2 atom stereocenters. The number of rotatable bonds is 5. The molecule has 22 heavy (non-hydrogen) atoms. The summed E-state index contributed by atoms with van der Waals surface area (Å²) in [6.45, 7) is 2.95. The lowest BCUT2D eigenvalue weighted by molar-refractivity contribution is 0.201. The van der Waals surface area contributed by atoms with Crippen LogP contribution in [-0.4, -0.2) is 17.5 Å². The van der Waals surface area contributed by atoms with Gasteiger partial charge in [0.15, 0.2) is 0 Å². The Morgan fingerprint density at radius 1 is 0.955 bits per heavy atom. The van der Waals surface area contributed by atoms with Gasteiger partial charge in [0.25, 0.3) is 0 Å². The van der Waals surface area contributed by atoms with E-state index < -0.39 is 0 Å². The van der Waals surface area contributed by atoms with Crippen LogP contribution in [0, 0.1) is 0 Å². The molecule has 1 aliphatic rings. The topological polar surface area (TPSA) is 32.3 Å². The predicted molar refractivity (Wildman–Crippen MR) is 88.5 cm³/mol. The Labute approximate surface area is 132 Å². The summed E-state index contributed by atoms with van der Waals surface area (Å²) in [6.07, 6.45) is 2.11. The van der Waals surface area contributed by atoms with Gasteiger partial charge in [0, 0.05) is 6.54 Å². The summed E-state index contributed by atoms with van der Waals surface area (Å²) in [7, 11) is 0. The van der Waals surface area contributed by atoms with Crippen LogP contribution < -0.4 is 5.32 Å². The zero-order chi connectivity index (χ0) is 15.4. The van der Waals surface area contributed by atoms with Crippen molar-refractivity contribution in [2.75, 3.05) is 6.54 Å². The molecule has 1 N–H and O–H groups in total. The first-order valence-corrected chi connectivity index (χ1v) is 7.98. The van der Waals surface area contributed by atoms with Crippen molar-refractivity contribution >= 4 is 6.03 Å². The van der Waals surface area contributed by atoms with Gasteiger partial charge in [0.2, 0.25) is 0 Å². The first-order chi connectivity index (χ1) is 10.8. The fourth-order valence-corrected chi connectivity index (χ4v) is 3.12. The summed E-state index contributed by atoms with van der Waals surface area (Å²) >= 11 is 0. The van der Waals surface area contributed by atoms with E-state index in [2.05, 4.69) is 36.5 Å². The molecule has 2 unspecified atom stereocenters. The minimum Gasteiger partial charge on any atom is -0.329 e. The van der Waals surface area contributed by atoms with Crippen LogP contribution in [-0.2, 0) is 0 Å². The summed E-state index contributed by atoms with van der Waals surface area (Å²) in [5, 5.41) is 3.16. The SMILES string of the molecule is CCCCN1C(=O)NC(c2ccccc2)C1c1ccccc1. The number of amides is 2. The Morgan fingerprint density at radius 3 is 2.14 bits per heavy atom. The number of benzene rings is 2. The molecule has 3 heteroatoms. The van der Waals surface area contributed by atoms with Gasteiger partial charge >= 0.3 is 6.03 Å². The average molecular weight is 294 g/mol. The molecule has 2 amide bonds. The number of carbonyl (C=O) groups excluding carboxylic acids is 1. The predicted octanol–water partition coefficient (Wildman–Crippen LogP) is 4.29. The van der Waals surface area contributed by atoms with Crippen LogP contribution in [0.1, 0.15) is 43.0 Å². The van der Waals surface area contributed by atoms with Crippen molar-refractivity contribution < 1.29 is 4.79 Å². The van der Waals surface area contributed by atoms with Gasteiger partial charge in [-0.2, -0.15) is 0 Å². The zero-order valence-electron chi connectivity index (χ0n) is 12.9. The Hall–Kier alpha value is -2.29. The fraction of sp³-hybridized carbons (Fsp3) is 0.316. The van der Waals surface area contributed by atoms with Crippen LogP contribution in [0.5, 0.6) is 0 Å². The highest BCUT2D eigenvalue weighted by atomic mass is 16.2. The van der Waals surface area contributed by atoms with Crippen molar-refractivity contribution in [1.29, 1.82) is 0 Å². The van der Waals surface area contributed by atoms with Crippen LogP contribution in [0.4, 0.5) is 4.79 Å². The fourth-order valence-electron chi connectivity index (χ4n) is 3.12. The Balaban J connectivity index is 1.97. The maximum absolute atomic E-state index is 12.5. The van der Waals surface area contributed by atoms with Crippen molar-refractivity contribution in [3.05, 3.63) is 71.8 Å². The number of hydrogen-bond donors (Lipinski definition) is 1. The standard InChI is InChI=1S/C19H22N2O/c1-2-3-14-21-18(16-12-8-5-9-13-16)17(20-19(21)22)15-10-6-4-7-11-15/h4-13,17-18H,2-3,14H2,1H3,(H,20,22). The normalized spacial score (nSPS) is 21.0. The van der Waals surface area contributed by atoms with Gasteiger partial charge in [0.1, 0.15) is 0 Å². The van der Waals surface area contributed by atoms with E-state index in [4.69, 9.17) is 0 Å².